The Morgan fingerprint density at radius 3 is 2.30 bits per heavy atom. The van der Waals surface area contributed by atoms with Gasteiger partial charge in [0.05, 0.1) is 12.7 Å². The molecule has 3 aromatic rings. The van der Waals surface area contributed by atoms with E-state index >= 15 is 0 Å². The van der Waals surface area contributed by atoms with Crippen LogP contribution in [-0.4, -0.2) is 37.4 Å². The lowest BCUT2D eigenvalue weighted by Crippen LogP contribution is -2.26. The summed E-state index contributed by atoms with van der Waals surface area (Å²) in [5, 5.41) is 12.0. The maximum absolute atomic E-state index is 12.2. The summed E-state index contributed by atoms with van der Waals surface area (Å²) in [4.78, 5) is 23.4. The zero-order valence-electron chi connectivity index (χ0n) is 18.3. The quantitative estimate of drug-likeness (QED) is 0.460. The number of carboxylic acids is 1. The van der Waals surface area contributed by atoms with Crippen LogP contribution in [0.15, 0.2) is 72.8 Å². The molecule has 0 aromatic heterocycles. The molecule has 0 atom stereocenters. The highest BCUT2D eigenvalue weighted by atomic mass is 16.5. The number of carbonyl (C=O) groups excluding carboxylic acids is 1. The number of hydrogen-bond acceptors (Lipinski definition) is 4. The number of alkyl carbamates (subject to hydrolysis) is 1. The van der Waals surface area contributed by atoms with Crippen molar-refractivity contribution in [2.45, 2.75) is 12.3 Å². The summed E-state index contributed by atoms with van der Waals surface area (Å²) >= 11 is 0. The third-order valence-electron chi connectivity index (χ3n) is 5.65. The molecule has 1 aliphatic rings. The number of nitrogens with one attached hydrogen (secondary N) is 1. The van der Waals surface area contributed by atoms with Gasteiger partial charge in [0.15, 0.2) is 0 Å². The zero-order chi connectivity index (χ0) is 23.2. The number of carboxylic acid groups (broad SMARTS) is 1. The molecule has 168 valence electrons. The fourth-order valence-electron chi connectivity index (χ4n) is 4.09. The second-order valence-electron chi connectivity index (χ2n) is 7.74. The number of aromatic carboxylic acids is 1. The van der Waals surface area contributed by atoms with E-state index < -0.39 is 12.1 Å². The Bertz CT molecular complexity index is 1160. The van der Waals surface area contributed by atoms with Gasteiger partial charge in [-0.25, -0.2) is 9.59 Å². The molecule has 0 saturated carbocycles. The minimum atomic E-state index is -1.01. The van der Waals surface area contributed by atoms with E-state index in [1.807, 2.05) is 30.3 Å². The highest BCUT2D eigenvalue weighted by Gasteiger charge is 2.28. The van der Waals surface area contributed by atoms with Gasteiger partial charge in [0.1, 0.15) is 12.4 Å². The van der Waals surface area contributed by atoms with Crippen LogP contribution in [-0.2, 0) is 4.74 Å². The van der Waals surface area contributed by atoms with Gasteiger partial charge in [0.2, 0.25) is 0 Å². The van der Waals surface area contributed by atoms with Crippen molar-refractivity contribution in [2.75, 3.05) is 20.3 Å². The van der Waals surface area contributed by atoms with Crippen molar-refractivity contribution >= 4 is 18.1 Å². The van der Waals surface area contributed by atoms with E-state index in [4.69, 9.17) is 9.47 Å². The Morgan fingerprint density at radius 2 is 1.67 bits per heavy atom. The molecule has 0 unspecified atom stereocenters. The van der Waals surface area contributed by atoms with Crippen LogP contribution in [0.2, 0.25) is 0 Å². The topological polar surface area (TPSA) is 84.9 Å². The first kappa shape index (κ1) is 22.1. The lowest BCUT2D eigenvalue weighted by molar-refractivity contribution is 0.0696. The highest BCUT2D eigenvalue weighted by molar-refractivity contribution is 5.89. The highest BCUT2D eigenvalue weighted by Crippen LogP contribution is 2.44. The van der Waals surface area contributed by atoms with Crippen LogP contribution < -0.4 is 10.1 Å². The van der Waals surface area contributed by atoms with E-state index in [-0.39, 0.29) is 18.1 Å². The maximum atomic E-state index is 12.2. The minimum absolute atomic E-state index is 0.0273. The molecule has 0 aliphatic heterocycles. The summed E-state index contributed by atoms with van der Waals surface area (Å²) in [5.41, 5.74) is 5.60. The molecular formula is C27H25NO5. The molecule has 0 spiro atoms. The Hall–Kier alpha value is -4.06. The molecule has 4 rings (SSSR count). The van der Waals surface area contributed by atoms with Crippen molar-refractivity contribution in [1.82, 2.24) is 5.32 Å². The summed E-state index contributed by atoms with van der Waals surface area (Å²) in [5.74, 6) is -0.508. The Morgan fingerprint density at radius 1 is 1.00 bits per heavy atom. The SMILES string of the molecule is COc1cc(C=CCCNC(=O)OCC2c3ccccc3-c3ccccc32)cc(C(=O)O)c1. The van der Waals surface area contributed by atoms with Crippen molar-refractivity contribution < 1.29 is 24.2 Å². The molecule has 0 fully saturated rings. The van der Waals surface area contributed by atoms with Gasteiger partial charge < -0.3 is 19.9 Å². The number of methoxy groups -OCH3 is 1. The maximum Gasteiger partial charge on any atom is 0.407 e. The summed E-state index contributed by atoms with van der Waals surface area (Å²) in [6, 6.07) is 21.2. The molecule has 6 heteroatoms. The molecule has 2 N–H and O–H groups in total. The predicted molar refractivity (Wildman–Crippen MR) is 127 cm³/mol. The van der Waals surface area contributed by atoms with Crippen molar-refractivity contribution in [2.24, 2.45) is 0 Å². The lowest BCUT2D eigenvalue weighted by atomic mass is 9.98. The van der Waals surface area contributed by atoms with Crippen LogP contribution in [0.3, 0.4) is 0 Å². The Kier molecular flexibility index (Phi) is 6.74. The van der Waals surface area contributed by atoms with Crippen LogP contribution in [0.25, 0.3) is 17.2 Å². The van der Waals surface area contributed by atoms with Gasteiger partial charge in [-0.05, 0) is 52.4 Å². The van der Waals surface area contributed by atoms with Crippen LogP contribution >= 0.6 is 0 Å². The van der Waals surface area contributed by atoms with E-state index in [2.05, 4.69) is 29.6 Å². The molecule has 3 aromatic carbocycles. The van der Waals surface area contributed by atoms with Crippen molar-refractivity contribution in [1.29, 1.82) is 0 Å². The molecule has 0 heterocycles. The number of fused-ring (bicyclic) bond motifs is 3. The van der Waals surface area contributed by atoms with E-state index in [1.54, 1.807) is 18.2 Å². The minimum Gasteiger partial charge on any atom is -0.497 e. The number of benzene rings is 3. The van der Waals surface area contributed by atoms with Gasteiger partial charge in [-0.1, -0.05) is 60.7 Å². The average Bonchev–Trinajstić information content (AvgIpc) is 3.16. The summed E-state index contributed by atoms with van der Waals surface area (Å²) in [7, 11) is 1.49. The standard InChI is InChI=1S/C27H25NO5/c1-32-20-15-18(14-19(16-20)26(29)30)8-6-7-13-28-27(31)33-17-25-23-11-4-2-9-21(23)22-10-3-5-12-24(22)25/h2-6,8-12,14-16,25H,7,13,17H2,1H3,(H,28,31)(H,29,30). The smallest absolute Gasteiger partial charge is 0.407 e. The van der Waals surface area contributed by atoms with Gasteiger partial charge >= 0.3 is 12.1 Å². The van der Waals surface area contributed by atoms with Gasteiger partial charge in [0.25, 0.3) is 0 Å². The van der Waals surface area contributed by atoms with Crippen LogP contribution in [0.5, 0.6) is 5.75 Å². The van der Waals surface area contributed by atoms with Gasteiger partial charge in [-0.2, -0.15) is 0 Å². The normalized spacial score (nSPS) is 12.3. The molecule has 1 aliphatic carbocycles. The van der Waals surface area contributed by atoms with Gasteiger partial charge in [-0.15, -0.1) is 0 Å². The van der Waals surface area contributed by atoms with Gasteiger partial charge in [0, 0.05) is 12.5 Å². The predicted octanol–water partition coefficient (Wildman–Crippen LogP) is 5.34. The summed E-state index contributed by atoms with van der Waals surface area (Å²) in [6.07, 6.45) is 3.78. The van der Waals surface area contributed by atoms with Crippen molar-refractivity contribution in [3.63, 3.8) is 0 Å². The summed E-state index contributed by atoms with van der Waals surface area (Å²) in [6.45, 7) is 0.681. The first-order valence-corrected chi connectivity index (χ1v) is 10.7. The van der Waals surface area contributed by atoms with Crippen molar-refractivity contribution in [3.05, 3.63) is 95.1 Å². The zero-order valence-corrected chi connectivity index (χ0v) is 18.3. The Balaban J connectivity index is 1.28. The molecule has 0 radical (unpaired) electrons. The number of hydrogen-bond donors (Lipinski definition) is 2. The van der Waals surface area contributed by atoms with E-state index in [9.17, 15) is 14.7 Å². The third kappa shape index (κ3) is 5.06. The Labute approximate surface area is 192 Å². The molecule has 1 amide bonds. The number of carbonyl (C=O) groups is 2. The first-order chi connectivity index (χ1) is 16.1. The fourth-order valence-corrected chi connectivity index (χ4v) is 4.09. The number of rotatable bonds is 8. The third-order valence-corrected chi connectivity index (χ3v) is 5.65. The van der Waals surface area contributed by atoms with E-state index in [0.29, 0.717) is 24.3 Å². The van der Waals surface area contributed by atoms with Gasteiger partial charge in [-0.3, -0.25) is 0 Å². The number of ether oxygens (including phenoxy) is 2. The average molecular weight is 443 g/mol. The van der Waals surface area contributed by atoms with E-state index in [0.717, 1.165) is 0 Å². The molecular weight excluding hydrogens is 418 g/mol. The van der Waals surface area contributed by atoms with E-state index in [1.165, 1.54) is 35.4 Å². The van der Waals surface area contributed by atoms with Crippen LogP contribution in [0.1, 0.15) is 39.4 Å². The molecule has 6 nitrogen and oxygen atoms in total. The largest absolute Gasteiger partial charge is 0.497 e. The number of amides is 1. The molecule has 0 saturated heterocycles. The summed E-state index contributed by atoms with van der Waals surface area (Å²) < 4.78 is 10.7. The van der Waals surface area contributed by atoms with Crippen LogP contribution in [0, 0.1) is 0 Å². The monoisotopic (exact) mass is 443 g/mol. The second kappa shape index (κ2) is 10.0. The molecule has 0 bridgehead atoms. The first-order valence-electron chi connectivity index (χ1n) is 10.7. The second-order valence-corrected chi connectivity index (χ2v) is 7.74. The molecule has 33 heavy (non-hydrogen) atoms. The lowest BCUT2D eigenvalue weighted by Gasteiger charge is -2.14. The fraction of sp³-hybridized carbons (Fsp3) is 0.185. The van der Waals surface area contributed by atoms with Crippen LogP contribution in [0.4, 0.5) is 4.79 Å². The van der Waals surface area contributed by atoms with Crippen molar-refractivity contribution in [3.8, 4) is 16.9 Å².